The minimum Gasteiger partial charge on any atom is -0.508 e. The van der Waals surface area contributed by atoms with Gasteiger partial charge in [-0.3, -0.25) is 0 Å². The highest BCUT2D eigenvalue weighted by atomic mass is 16.3. The number of rotatable bonds is 5. The van der Waals surface area contributed by atoms with Crippen LogP contribution in [0.1, 0.15) is 36.0 Å². The van der Waals surface area contributed by atoms with E-state index in [9.17, 15) is 10.2 Å². The Labute approximate surface area is 155 Å². The number of nitrogens with zero attached hydrogens (tertiary/aromatic N) is 1. The number of benzene rings is 2. The Balaban J connectivity index is 2.08. The van der Waals surface area contributed by atoms with Gasteiger partial charge in [-0.2, -0.15) is 0 Å². The molecule has 0 saturated heterocycles. The van der Waals surface area contributed by atoms with E-state index < -0.39 is 0 Å². The molecular weight excluding hydrogens is 322 g/mol. The first-order valence-electron chi connectivity index (χ1n) is 9.13. The zero-order valence-electron chi connectivity index (χ0n) is 15.6. The van der Waals surface area contributed by atoms with Gasteiger partial charge in [-0.1, -0.05) is 36.4 Å². The van der Waals surface area contributed by atoms with Crippen LogP contribution in [0.5, 0.6) is 5.75 Å². The van der Waals surface area contributed by atoms with Crippen molar-refractivity contribution >= 4 is 11.6 Å². The highest BCUT2D eigenvalue weighted by Gasteiger charge is 2.19. The van der Waals surface area contributed by atoms with Crippen LogP contribution in [-0.4, -0.2) is 35.8 Å². The number of aliphatic hydroxyl groups excluding tert-OH is 1. The molecule has 0 amide bonds. The van der Waals surface area contributed by atoms with Gasteiger partial charge < -0.3 is 15.1 Å². The molecule has 2 aromatic rings. The van der Waals surface area contributed by atoms with Gasteiger partial charge >= 0.3 is 0 Å². The first-order valence-corrected chi connectivity index (χ1v) is 9.13. The van der Waals surface area contributed by atoms with Crippen molar-refractivity contribution < 1.29 is 10.2 Å². The van der Waals surface area contributed by atoms with Gasteiger partial charge in [-0.25, -0.2) is 0 Å². The van der Waals surface area contributed by atoms with Gasteiger partial charge in [0.2, 0.25) is 0 Å². The molecular formula is C23H27NO2. The summed E-state index contributed by atoms with van der Waals surface area (Å²) in [5, 5.41) is 19.3. The molecule has 0 spiro atoms. The number of hydrogen-bond donors (Lipinski definition) is 2. The summed E-state index contributed by atoms with van der Waals surface area (Å²) in [4.78, 5) is 2.20. The van der Waals surface area contributed by atoms with E-state index >= 15 is 0 Å². The van der Waals surface area contributed by atoms with Crippen molar-refractivity contribution in [3.05, 3.63) is 76.4 Å². The first-order chi connectivity index (χ1) is 12.6. The molecule has 3 heteroatoms. The van der Waals surface area contributed by atoms with E-state index in [-0.39, 0.29) is 6.61 Å². The van der Waals surface area contributed by atoms with Crippen molar-refractivity contribution in [3.63, 3.8) is 0 Å². The van der Waals surface area contributed by atoms with Crippen LogP contribution in [0, 0.1) is 0 Å². The fourth-order valence-corrected chi connectivity index (χ4v) is 3.62. The van der Waals surface area contributed by atoms with E-state index in [1.807, 2.05) is 30.3 Å². The Morgan fingerprint density at radius 3 is 2.58 bits per heavy atom. The Morgan fingerprint density at radius 2 is 1.85 bits per heavy atom. The summed E-state index contributed by atoms with van der Waals surface area (Å²) >= 11 is 0. The standard InChI is InChI=1S/C23H27NO2/c1-24(2)15-23-19(13-17-6-3-7-18(12-17)16-25)9-5-11-22(23)20-8-4-10-21(26)14-20/h3-4,6-8,10,12-14,25-26H,5,9,11,15-16H2,1-2H3/b19-13+. The predicted octanol–water partition coefficient (Wildman–Crippen LogP) is 4.47. The number of phenols is 1. The first kappa shape index (κ1) is 18.4. The third-order valence-corrected chi connectivity index (χ3v) is 4.77. The van der Waals surface area contributed by atoms with E-state index in [0.717, 1.165) is 42.5 Å². The second-order valence-corrected chi connectivity index (χ2v) is 7.17. The SMILES string of the molecule is CN(C)CC1=C(c2cccc(O)c2)CCC/C1=C\c1cccc(CO)c1. The van der Waals surface area contributed by atoms with Crippen LogP contribution in [0.4, 0.5) is 0 Å². The monoisotopic (exact) mass is 349 g/mol. The van der Waals surface area contributed by atoms with Crippen LogP contribution in [0.2, 0.25) is 0 Å². The second-order valence-electron chi connectivity index (χ2n) is 7.17. The fourth-order valence-electron chi connectivity index (χ4n) is 3.62. The number of aromatic hydroxyl groups is 1. The van der Waals surface area contributed by atoms with E-state index in [1.165, 1.54) is 16.7 Å². The Kier molecular flexibility index (Phi) is 5.92. The zero-order valence-corrected chi connectivity index (χ0v) is 15.6. The average Bonchev–Trinajstić information content (AvgIpc) is 2.63. The minimum absolute atomic E-state index is 0.0615. The van der Waals surface area contributed by atoms with Crippen LogP contribution in [-0.2, 0) is 6.61 Å². The molecule has 0 atom stereocenters. The number of phenolic OH excluding ortho intramolecular Hbond substituents is 1. The van der Waals surface area contributed by atoms with Gasteiger partial charge in [0.1, 0.15) is 5.75 Å². The molecule has 0 unspecified atom stereocenters. The van der Waals surface area contributed by atoms with Crippen molar-refractivity contribution in [2.75, 3.05) is 20.6 Å². The molecule has 136 valence electrons. The smallest absolute Gasteiger partial charge is 0.116 e. The van der Waals surface area contributed by atoms with Gasteiger partial charge in [0, 0.05) is 6.54 Å². The summed E-state index contributed by atoms with van der Waals surface area (Å²) in [6, 6.07) is 15.6. The summed E-state index contributed by atoms with van der Waals surface area (Å²) in [6.45, 7) is 0.933. The molecule has 0 aromatic heterocycles. The maximum Gasteiger partial charge on any atom is 0.116 e. The van der Waals surface area contributed by atoms with Gasteiger partial charge in [0.05, 0.1) is 6.61 Å². The Morgan fingerprint density at radius 1 is 1.04 bits per heavy atom. The molecule has 1 aliphatic carbocycles. The van der Waals surface area contributed by atoms with Gasteiger partial charge in [0.15, 0.2) is 0 Å². The molecule has 26 heavy (non-hydrogen) atoms. The average molecular weight is 349 g/mol. The number of hydrogen-bond acceptors (Lipinski definition) is 3. The Bertz CT molecular complexity index is 834. The largest absolute Gasteiger partial charge is 0.508 e. The topological polar surface area (TPSA) is 43.7 Å². The van der Waals surface area contributed by atoms with Gasteiger partial charge in [-0.15, -0.1) is 0 Å². The van der Waals surface area contributed by atoms with Crippen LogP contribution >= 0.6 is 0 Å². The van der Waals surface area contributed by atoms with E-state index in [2.05, 4.69) is 37.2 Å². The van der Waals surface area contributed by atoms with Crippen molar-refractivity contribution in [1.82, 2.24) is 4.90 Å². The lowest BCUT2D eigenvalue weighted by Gasteiger charge is -2.26. The minimum atomic E-state index is 0.0615. The summed E-state index contributed by atoms with van der Waals surface area (Å²) in [7, 11) is 4.18. The molecule has 0 saturated carbocycles. The molecule has 3 nitrogen and oxygen atoms in total. The van der Waals surface area contributed by atoms with Crippen molar-refractivity contribution in [2.45, 2.75) is 25.9 Å². The fraction of sp³-hybridized carbons (Fsp3) is 0.304. The quantitative estimate of drug-likeness (QED) is 0.837. The van der Waals surface area contributed by atoms with Crippen LogP contribution in [0.15, 0.2) is 59.7 Å². The molecule has 0 radical (unpaired) electrons. The normalized spacial score (nSPS) is 16.5. The number of aliphatic hydroxyl groups is 1. The third-order valence-electron chi connectivity index (χ3n) is 4.77. The van der Waals surface area contributed by atoms with Gasteiger partial charge in [0.25, 0.3) is 0 Å². The molecule has 2 aromatic carbocycles. The lowest BCUT2D eigenvalue weighted by Crippen LogP contribution is -2.19. The molecule has 0 heterocycles. The summed E-state index contributed by atoms with van der Waals surface area (Å²) in [6.07, 6.45) is 5.43. The molecule has 0 fully saturated rings. The van der Waals surface area contributed by atoms with Crippen LogP contribution in [0.3, 0.4) is 0 Å². The maximum absolute atomic E-state index is 9.90. The number of likely N-dealkylation sites (N-methyl/N-ethyl adjacent to an activating group) is 1. The maximum atomic E-state index is 9.90. The molecule has 3 rings (SSSR count). The predicted molar refractivity (Wildman–Crippen MR) is 108 cm³/mol. The van der Waals surface area contributed by atoms with E-state index in [1.54, 1.807) is 6.07 Å². The van der Waals surface area contributed by atoms with E-state index in [4.69, 9.17) is 0 Å². The molecule has 0 bridgehead atoms. The second kappa shape index (κ2) is 8.35. The Hall–Kier alpha value is -2.36. The third kappa shape index (κ3) is 4.43. The summed E-state index contributed by atoms with van der Waals surface area (Å²) in [5.41, 5.74) is 7.18. The summed E-state index contributed by atoms with van der Waals surface area (Å²) in [5.74, 6) is 0.311. The van der Waals surface area contributed by atoms with Crippen molar-refractivity contribution in [3.8, 4) is 5.75 Å². The van der Waals surface area contributed by atoms with Crippen molar-refractivity contribution in [2.24, 2.45) is 0 Å². The zero-order chi connectivity index (χ0) is 18.5. The van der Waals surface area contributed by atoms with Crippen LogP contribution in [0.25, 0.3) is 11.6 Å². The number of allylic oxidation sites excluding steroid dienone is 1. The summed E-state index contributed by atoms with van der Waals surface area (Å²) < 4.78 is 0. The van der Waals surface area contributed by atoms with Crippen molar-refractivity contribution in [1.29, 1.82) is 0 Å². The van der Waals surface area contributed by atoms with Gasteiger partial charge in [-0.05, 0) is 85.0 Å². The molecule has 2 N–H and O–H groups in total. The highest BCUT2D eigenvalue weighted by molar-refractivity contribution is 5.77. The molecule has 1 aliphatic rings. The lowest BCUT2D eigenvalue weighted by atomic mass is 9.82. The van der Waals surface area contributed by atoms with E-state index in [0.29, 0.717) is 5.75 Å². The lowest BCUT2D eigenvalue weighted by molar-refractivity contribution is 0.282. The molecule has 0 aliphatic heterocycles. The van der Waals surface area contributed by atoms with Crippen LogP contribution < -0.4 is 0 Å². The highest BCUT2D eigenvalue weighted by Crippen LogP contribution is 2.37.